The minimum atomic E-state index is -1.71. The van der Waals surface area contributed by atoms with Crippen LogP contribution in [0.2, 0.25) is 0 Å². The summed E-state index contributed by atoms with van der Waals surface area (Å²) in [5, 5.41) is 78.3. The average molecular weight is 1130 g/mol. The molecule has 79 heavy (non-hydrogen) atoms. The van der Waals surface area contributed by atoms with Crippen LogP contribution in [-0.4, -0.2) is 221 Å². The maximum atomic E-state index is 13.3. The lowest BCUT2D eigenvalue weighted by Gasteiger charge is -2.66. The number of aromatic nitrogens is 1. The summed E-state index contributed by atoms with van der Waals surface area (Å²) >= 11 is 0. The summed E-state index contributed by atoms with van der Waals surface area (Å²) in [6.07, 6.45) is -11.7. The molecule has 0 bridgehead atoms. The van der Waals surface area contributed by atoms with E-state index in [9.17, 15) is 45.3 Å². The van der Waals surface area contributed by atoms with E-state index in [4.69, 9.17) is 61.6 Å². The number of nitrogens with zero attached hydrogens (tertiary/aromatic N) is 1. The molecule has 0 amide bonds. The van der Waals surface area contributed by atoms with Crippen LogP contribution >= 0.6 is 0 Å². The summed E-state index contributed by atoms with van der Waals surface area (Å²) in [6, 6.07) is 3.22. The van der Waals surface area contributed by atoms with Gasteiger partial charge in [-0.25, -0.2) is 4.79 Å². The van der Waals surface area contributed by atoms with Crippen molar-refractivity contribution in [2.75, 3.05) is 27.9 Å². The number of hydrogen-bond donors (Lipinski definition) is 7. The first-order valence-electron chi connectivity index (χ1n) is 28.3. The maximum Gasteiger partial charge on any atom is 0.340 e. The first kappa shape index (κ1) is 60.9. The van der Waals surface area contributed by atoms with E-state index in [2.05, 4.69) is 11.9 Å². The van der Waals surface area contributed by atoms with Gasteiger partial charge in [0.05, 0.1) is 59.8 Å². The SMILES string of the molecule is CO[C@@H]1[C@@H](O)[C@H](O[C@@H]2[C@@H](C)O[C@@H](O[C@H]3[C@@H](OC)C[C@H](O[C@H]4CC[C@@]5(C)[C@@H](CC[C@@H]6[C@@H]5C[C@@H](OC(C)=O)[C@]5(C)[C@](O)([C@H](C)OC(=O)c7cccnc7)CC[C@]65O)C4)O[C@@H]3C)C[C@H]2OC)O[C@H](C)[C@H]1O[C@@H]1O[C@H](CO)[C@@H](O)[C@H](O)[C@H]1O. The van der Waals surface area contributed by atoms with Gasteiger partial charge < -0.3 is 97.3 Å². The van der Waals surface area contributed by atoms with Crippen molar-refractivity contribution >= 4 is 11.9 Å². The fourth-order valence-electron chi connectivity index (χ4n) is 15.6. The molecule has 0 spiro atoms. The molecule has 28 atom stereocenters. The largest absolute Gasteiger partial charge is 0.462 e. The van der Waals surface area contributed by atoms with Gasteiger partial charge in [-0.15, -0.1) is 0 Å². The Morgan fingerprint density at radius 1 is 0.709 bits per heavy atom. The molecule has 5 heterocycles. The third-order valence-corrected chi connectivity index (χ3v) is 20.2. The molecule has 1 aromatic rings. The first-order chi connectivity index (χ1) is 37.5. The summed E-state index contributed by atoms with van der Waals surface area (Å²) in [5.41, 5.74) is -4.47. The summed E-state index contributed by atoms with van der Waals surface area (Å²) < 4.78 is 80.2. The van der Waals surface area contributed by atoms with Gasteiger partial charge in [0.15, 0.2) is 25.2 Å². The third kappa shape index (κ3) is 11.1. The van der Waals surface area contributed by atoms with Gasteiger partial charge in [0, 0.05) is 53.5 Å². The molecule has 4 aliphatic carbocycles. The van der Waals surface area contributed by atoms with E-state index >= 15 is 0 Å². The van der Waals surface area contributed by atoms with Gasteiger partial charge in [-0.2, -0.15) is 0 Å². The summed E-state index contributed by atoms with van der Waals surface area (Å²) in [6.45, 7) is 11.8. The van der Waals surface area contributed by atoms with Crippen molar-refractivity contribution < 1.29 is 107 Å². The predicted molar refractivity (Wildman–Crippen MR) is 272 cm³/mol. The Bertz CT molecular complexity index is 2220. The molecule has 448 valence electrons. The predicted octanol–water partition coefficient (Wildman–Crippen LogP) is 1.82. The van der Waals surface area contributed by atoms with Gasteiger partial charge in [-0.05, 0) is 114 Å². The highest BCUT2D eigenvalue weighted by Gasteiger charge is 2.77. The second kappa shape index (κ2) is 24.2. The molecule has 0 radical (unpaired) electrons. The third-order valence-electron chi connectivity index (χ3n) is 20.2. The second-order valence-corrected chi connectivity index (χ2v) is 24.2. The Morgan fingerprint density at radius 2 is 1.34 bits per heavy atom. The molecule has 4 aliphatic heterocycles. The number of aliphatic hydroxyl groups excluding tert-OH is 5. The quantitative estimate of drug-likeness (QED) is 0.0917. The number of pyridine rings is 1. The van der Waals surface area contributed by atoms with Crippen LogP contribution in [0.5, 0.6) is 0 Å². The van der Waals surface area contributed by atoms with Gasteiger partial charge >= 0.3 is 11.9 Å². The highest BCUT2D eigenvalue weighted by molar-refractivity contribution is 5.89. The molecule has 7 N–H and O–H groups in total. The Morgan fingerprint density at radius 3 is 1.96 bits per heavy atom. The van der Waals surface area contributed by atoms with Gasteiger partial charge in [-0.1, -0.05) is 13.8 Å². The van der Waals surface area contributed by atoms with Crippen molar-refractivity contribution in [3.05, 3.63) is 30.1 Å². The van der Waals surface area contributed by atoms with E-state index < -0.39 is 158 Å². The van der Waals surface area contributed by atoms with Crippen LogP contribution < -0.4 is 0 Å². The van der Waals surface area contributed by atoms with Crippen molar-refractivity contribution in [3.63, 3.8) is 0 Å². The van der Waals surface area contributed by atoms with E-state index in [0.29, 0.717) is 19.3 Å². The fraction of sp³-hybridized carbons (Fsp3) is 0.875. The number of hydrogen-bond acceptors (Lipinski definition) is 23. The fourth-order valence-corrected chi connectivity index (χ4v) is 15.6. The summed E-state index contributed by atoms with van der Waals surface area (Å²) in [5.74, 6) is -1.15. The van der Waals surface area contributed by atoms with Crippen LogP contribution in [0, 0.1) is 28.6 Å². The highest BCUT2D eigenvalue weighted by atomic mass is 16.8. The van der Waals surface area contributed by atoms with Crippen molar-refractivity contribution in [2.45, 2.75) is 253 Å². The van der Waals surface area contributed by atoms with Crippen LogP contribution in [0.1, 0.15) is 123 Å². The molecule has 9 rings (SSSR count). The lowest BCUT2D eigenvalue weighted by atomic mass is 9.42. The standard InChI is InChI=1S/C56H87NO22/c1-26-46(77-41-23-37(68-9)47(27(2)71-41)78-52-45(63)49(69-10)48(28(3)72-52)79-51-44(62)43(61)42(60)38(25-58)76-51)36(67-8)22-40(70-26)75-33-15-16-53(6)32(20-33)13-14-34-35(53)21-39(74-30(5)59)54(7)55(65,17-18-56(34,54)66)29(4)73-50(64)31-12-11-19-57-24-31/h11-12,19,24,26-29,32-49,51-52,58,60-63,65-66H,13-18,20-23,25H2,1-10H3/t26-,27-,28-,29+,32+,33+,34-,35+,36+,37-,38-,39-,40+,41+,42-,43+,44-,45-,46-,47-,48-,49-,51+,52+,53+,54-,55-,56+/m1/s1. The van der Waals surface area contributed by atoms with E-state index in [-0.39, 0.29) is 54.1 Å². The van der Waals surface area contributed by atoms with Crippen LogP contribution in [-0.2, 0) is 66.4 Å². The highest BCUT2D eigenvalue weighted by Crippen LogP contribution is 2.71. The van der Waals surface area contributed by atoms with E-state index in [1.54, 1.807) is 53.3 Å². The van der Waals surface area contributed by atoms with Crippen molar-refractivity contribution in [1.82, 2.24) is 4.98 Å². The summed E-state index contributed by atoms with van der Waals surface area (Å²) in [7, 11) is 4.54. The number of rotatable bonds is 16. The lowest BCUT2D eigenvalue weighted by Crippen LogP contribution is -2.72. The monoisotopic (exact) mass is 1130 g/mol. The van der Waals surface area contributed by atoms with Gasteiger partial charge in [0.25, 0.3) is 0 Å². The normalized spacial score (nSPS) is 49.4. The van der Waals surface area contributed by atoms with E-state index in [1.807, 2.05) is 13.8 Å². The maximum absolute atomic E-state index is 13.3. The summed E-state index contributed by atoms with van der Waals surface area (Å²) in [4.78, 5) is 30.2. The molecular weight excluding hydrogens is 1040 g/mol. The molecule has 23 nitrogen and oxygen atoms in total. The Kier molecular flexibility index (Phi) is 18.6. The number of aliphatic hydroxyl groups is 7. The minimum absolute atomic E-state index is 0.0289. The Hall–Kier alpha value is -2.63. The van der Waals surface area contributed by atoms with Crippen molar-refractivity contribution in [2.24, 2.45) is 28.6 Å². The second-order valence-electron chi connectivity index (χ2n) is 24.2. The zero-order valence-electron chi connectivity index (χ0n) is 47.1. The number of carbonyl (C=O) groups excluding carboxylic acids is 2. The number of methoxy groups -OCH3 is 3. The van der Waals surface area contributed by atoms with Gasteiger partial charge in [-0.3, -0.25) is 9.78 Å². The van der Waals surface area contributed by atoms with Crippen LogP contribution in [0.15, 0.2) is 24.5 Å². The molecule has 23 heteroatoms. The number of carbonyl (C=O) groups is 2. The molecule has 0 aromatic carbocycles. The Labute approximate surface area is 462 Å². The van der Waals surface area contributed by atoms with Gasteiger partial charge in [0.2, 0.25) is 0 Å². The topological polar surface area (TPSA) is 309 Å². The number of ether oxygens (including phenoxy) is 13. The first-order valence-corrected chi connectivity index (χ1v) is 28.3. The van der Waals surface area contributed by atoms with E-state index in [0.717, 1.165) is 25.7 Å². The average Bonchev–Trinajstić information content (AvgIpc) is 2.28. The molecule has 4 saturated heterocycles. The van der Waals surface area contributed by atoms with Crippen LogP contribution in [0.4, 0.5) is 0 Å². The van der Waals surface area contributed by atoms with Gasteiger partial charge in [0.1, 0.15) is 72.7 Å². The van der Waals surface area contributed by atoms with Crippen molar-refractivity contribution in [1.29, 1.82) is 0 Å². The smallest absolute Gasteiger partial charge is 0.340 e. The van der Waals surface area contributed by atoms with Crippen LogP contribution in [0.3, 0.4) is 0 Å². The minimum Gasteiger partial charge on any atom is -0.462 e. The molecular formula is C56H87NO22. The van der Waals surface area contributed by atoms with E-state index in [1.165, 1.54) is 20.2 Å². The molecule has 8 aliphatic rings. The molecule has 1 aromatic heterocycles. The zero-order chi connectivity index (χ0) is 57.1. The molecule has 8 fully saturated rings. The Balaban J connectivity index is 0.792. The van der Waals surface area contributed by atoms with Crippen LogP contribution in [0.25, 0.3) is 0 Å². The number of fused-ring (bicyclic) bond motifs is 5. The molecule has 0 unspecified atom stereocenters. The number of esters is 2. The van der Waals surface area contributed by atoms with Crippen molar-refractivity contribution in [3.8, 4) is 0 Å². The molecule has 4 saturated carbocycles. The zero-order valence-corrected chi connectivity index (χ0v) is 47.1. The lowest BCUT2D eigenvalue weighted by molar-refractivity contribution is -0.373.